The summed E-state index contributed by atoms with van der Waals surface area (Å²) in [6.07, 6.45) is 4.48. The lowest BCUT2D eigenvalue weighted by atomic mass is 10.2. The van der Waals surface area contributed by atoms with E-state index in [1.165, 1.54) is 12.8 Å². The van der Waals surface area contributed by atoms with E-state index in [9.17, 15) is 4.79 Å². The molecule has 0 aliphatic carbocycles. The van der Waals surface area contributed by atoms with Crippen LogP contribution in [0.3, 0.4) is 0 Å². The van der Waals surface area contributed by atoms with Crippen molar-refractivity contribution < 1.29 is 4.79 Å². The predicted molar refractivity (Wildman–Crippen MR) is 55.0 cm³/mol. The van der Waals surface area contributed by atoms with Crippen LogP contribution in [-0.2, 0) is 0 Å². The molecule has 3 nitrogen and oxygen atoms in total. The van der Waals surface area contributed by atoms with E-state index in [1.54, 1.807) is 4.90 Å². The van der Waals surface area contributed by atoms with Gasteiger partial charge in [0.2, 0.25) is 0 Å². The van der Waals surface area contributed by atoms with Crippen molar-refractivity contribution in [2.45, 2.75) is 52.5 Å². The average Bonchev–Trinajstić information content (AvgIpc) is 2.02. The zero-order valence-electron chi connectivity index (χ0n) is 8.92. The molecule has 0 saturated heterocycles. The van der Waals surface area contributed by atoms with E-state index in [0.29, 0.717) is 0 Å². The molecule has 77 valence electrons. The van der Waals surface area contributed by atoms with E-state index in [1.807, 2.05) is 20.4 Å². The van der Waals surface area contributed by atoms with Crippen molar-refractivity contribution in [3.05, 3.63) is 6.54 Å². The fourth-order valence-electron chi connectivity index (χ4n) is 1.18. The molecule has 0 rings (SSSR count). The van der Waals surface area contributed by atoms with E-state index in [0.717, 1.165) is 12.8 Å². The third-order valence-electron chi connectivity index (χ3n) is 1.94. The fourth-order valence-corrected chi connectivity index (χ4v) is 1.18. The van der Waals surface area contributed by atoms with Gasteiger partial charge in [0.15, 0.2) is 0 Å². The van der Waals surface area contributed by atoms with Crippen LogP contribution in [0.2, 0.25) is 0 Å². The van der Waals surface area contributed by atoms with Crippen LogP contribution in [0.25, 0.3) is 0 Å². The minimum absolute atomic E-state index is 0.166. The summed E-state index contributed by atoms with van der Waals surface area (Å²) in [6, 6.07) is -0.189. The highest BCUT2D eigenvalue weighted by Gasteiger charge is 2.12. The highest BCUT2D eigenvalue weighted by molar-refractivity contribution is 5.73. The number of carbonyl (C=O) groups excluding carboxylic acids is 1. The molecule has 13 heavy (non-hydrogen) atoms. The second-order valence-corrected chi connectivity index (χ2v) is 3.52. The van der Waals surface area contributed by atoms with Crippen molar-refractivity contribution >= 4 is 6.03 Å². The third-order valence-corrected chi connectivity index (χ3v) is 1.94. The number of rotatable bonds is 6. The Hall–Kier alpha value is -0.730. The second-order valence-electron chi connectivity index (χ2n) is 3.52. The van der Waals surface area contributed by atoms with E-state index in [-0.39, 0.29) is 12.1 Å². The van der Waals surface area contributed by atoms with Crippen LogP contribution >= 0.6 is 0 Å². The Morgan fingerprint density at radius 3 is 2.46 bits per heavy atom. The van der Waals surface area contributed by atoms with E-state index in [2.05, 4.69) is 6.92 Å². The number of amides is 2. The molecule has 0 aliphatic rings. The van der Waals surface area contributed by atoms with Crippen molar-refractivity contribution in [2.24, 2.45) is 5.73 Å². The zero-order valence-corrected chi connectivity index (χ0v) is 8.92. The number of unbranched alkanes of at least 4 members (excludes halogenated alkanes) is 3. The summed E-state index contributed by atoms with van der Waals surface area (Å²) in [6.45, 7) is 7.99. The molecule has 1 radical (unpaired) electrons. The maximum atomic E-state index is 10.9. The topological polar surface area (TPSA) is 46.3 Å². The first-order valence-electron chi connectivity index (χ1n) is 5.00. The molecule has 0 spiro atoms. The van der Waals surface area contributed by atoms with Crippen molar-refractivity contribution in [3.8, 4) is 0 Å². The molecule has 0 aromatic rings. The second kappa shape index (κ2) is 6.75. The Bertz CT molecular complexity index is 146. The van der Waals surface area contributed by atoms with Gasteiger partial charge in [0.25, 0.3) is 0 Å². The van der Waals surface area contributed by atoms with Gasteiger partial charge in [0, 0.05) is 6.04 Å². The first kappa shape index (κ1) is 12.3. The van der Waals surface area contributed by atoms with Crippen LogP contribution in [0.5, 0.6) is 0 Å². The Morgan fingerprint density at radius 2 is 2.08 bits per heavy atom. The summed E-state index contributed by atoms with van der Waals surface area (Å²) < 4.78 is 0. The monoisotopic (exact) mass is 185 g/mol. The molecular weight excluding hydrogens is 164 g/mol. The van der Waals surface area contributed by atoms with Crippen molar-refractivity contribution in [1.29, 1.82) is 0 Å². The summed E-state index contributed by atoms with van der Waals surface area (Å²) in [4.78, 5) is 12.5. The van der Waals surface area contributed by atoms with Crippen LogP contribution < -0.4 is 5.73 Å². The zero-order chi connectivity index (χ0) is 10.3. The molecule has 0 atom stereocenters. The highest BCUT2D eigenvalue weighted by atomic mass is 16.2. The molecule has 0 aromatic carbocycles. The van der Waals surface area contributed by atoms with Gasteiger partial charge in [-0.15, -0.1) is 0 Å². The average molecular weight is 185 g/mol. The van der Waals surface area contributed by atoms with Gasteiger partial charge in [-0.05, 0) is 20.3 Å². The van der Waals surface area contributed by atoms with Gasteiger partial charge < -0.3 is 10.6 Å². The Kier molecular flexibility index (Phi) is 6.37. The molecule has 0 aromatic heterocycles. The standard InChI is InChI=1S/C10H21N2O/c1-4-5-6-7-8-12(9(2)3)10(11)13/h8-9H,4-7H2,1-3H3,(H2,11,13). The molecule has 2 N–H and O–H groups in total. The van der Waals surface area contributed by atoms with Gasteiger partial charge in [-0.2, -0.15) is 0 Å². The summed E-state index contributed by atoms with van der Waals surface area (Å²) in [7, 11) is 0. The summed E-state index contributed by atoms with van der Waals surface area (Å²) in [5.41, 5.74) is 5.21. The SMILES string of the molecule is CCCCC[CH]N(C(N)=O)C(C)C. The molecule has 0 saturated carbocycles. The van der Waals surface area contributed by atoms with E-state index < -0.39 is 0 Å². The van der Waals surface area contributed by atoms with Crippen LogP contribution in [0.4, 0.5) is 4.79 Å². The minimum Gasteiger partial charge on any atom is -0.351 e. The summed E-state index contributed by atoms with van der Waals surface area (Å²) in [5.74, 6) is 0. The van der Waals surface area contributed by atoms with E-state index in [4.69, 9.17) is 5.73 Å². The van der Waals surface area contributed by atoms with Crippen LogP contribution in [-0.4, -0.2) is 17.0 Å². The molecule has 0 unspecified atom stereocenters. The number of primary amides is 1. The lowest BCUT2D eigenvalue weighted by Gasteiger charge is -2.23. The van der Waals surface area contributed by atoms with Gasteiger partial charge in [-0.1, -0.05) is 26.2 Å². The van der Waals surface area contributed by atoms with Gasteiger partial charge in [-0.3, -0.25) is 0 Å². The molecule has 3 heteroatoms. The van der Waals surface area contributed by atoms with Crippen LogP contribution in [0.15, 0.2) is 0 Å². The number of hydrogen-bond acceptors (Lipinski definition) is 1. The predicted octanol–water partition coefficient (Wildman–Crippen LogP) is 2.52. The molecule has 0 aliphatic heterocycles. The van der Waals surface area contributed by atoms with Crippen LogP contribution in [0, 0.1) is 6.54 Å². The summed E-state index contributed by atoms with van der Waals surface area (Å²) >= 11 is 0. The number of carbonyl (C=O) groups is 1. The minimum atomic E-state index is -0.355. The quantitative estimate of drug-likeness (QED) is 0.635. The Labute approximate surface area is 81.3 Å². The smallest absolute Gasteiger partial charge is 0.315 e. The Morgan fingerprint density at radius 1 is 1.46 bits per heavy atom. The van der Waals surface area contributed by atoms with Crippen molar-refractivity contribution in [2.75, 3.05) is 0 Å². The summed E-state index contributed by atoms with van der Waals surface area (Å²) in [5, 5.41) is 0. The largest absolute Gasteiger partial charge is 0.351 e. The third kappa shape index (κ3) is 5.50. The van der Waals surface area contributed by atoms with Gasteiger partial charge in [0.05, 0.1) is 6.54 Å². The number of nitrogens with two attached hydrogens (primary N) is 1. The first-order valence-corrected chi connectivity index (χ1v) is 5.00. The van der Waals surface area contributed by atoms with Crippen LogP contribution in [0.1, 0.15) is 46.5 Å². The van der Waals surface area contributed by atoms with Crippen molar-refractivity contribution in [3.63, 3.8) is 0 Å². The van der Waals surface area contributed by atoms with Gasteiger partial charge >= 0.3 is 6.03 Å². The number of hydrogen-bond donors (Lipinski definition) is 1. The number of urea groups is 1. The lowest BCUT2D eigenvalue weighted by Crippen LogP contribution is -2.38. The highest BCUT2D eigenvalue weighted by Crippen LogP contribution is 2.08. The normalized spacial score (nSPS) is 10.5. The molecular formula is C10H21N2O. The first-order chi connectivity index (χ1) is 6.09. The number of nitrogens with zero attached hydrogens (tertiary/aromatic N) is 1. The van der Waals surface area contributed by atoms with Gasteiger partial charge in [-0.25, -0.2) is 4.79 Å². The fraction of sp³-hybridized carbons (Fsp3) is 0.800. The van der Waals surface area contributed by atoms with E-state index >= 15 is 0 Å². The Balaban J connectivity index is 3.64. The van der Waals surface area contributed by atoms with Gasteiger partial charge in [0.1, 0.15) is 0 Å². The molecule has 0 heterocycles. The van der Waals surface area contributed by atoms with Crippen molar-refractivity contribution in [1.82, 2.24) is 4.90 Å². The molecule has 0 fully saturated rings. The molecule has 2 amide bonds. The maximum absolute atomic E-state index is 10.9. The lowest BCUT2D eigenvalue weighted by molar-refractivity contribution is 0.206. The maximum Gasteiger partial charge on any atom is 0.315 e. The molecule has 0 bridgehead atoms.